The van der Waals surface area contributed by atoms with Gasteiger partial charge in [0.2, 0.25) is 0 Å². The lowest BCUT2D eigenvalue weighted by Gasteiger charge is -2.29. The molecule has 0 radical (unpaired) electrons. The molecule has 1 aromatic rings. The maximum Gasteiger partial charge on any atom is 0.325 e. The van der Waals surface area contributed by atoms with Gasteiger partial charge in [-0.05, 0) is 19.1 Å². The molecule has 0 bridgehead atoms. The number of benzene rings is 1. The van der Waals surface area contributed by atoms with Crippen LogP contribution < -0.4 is 0 Å². The van der Waals surface area contributed by atoms with Crippen molar-refractivity contribution < 1.29 is 19.1 Å². The summed E-state index contributed by atoms with van der Waals surface area (Å²) in [5.41, 5.74) is 1.61. The summed E-state index contributed by atoms with van der Waals surface area (Å²) in [7, 11) is 1.33. The summed E-state index contributed by atoms with van der Waals surface area (Å²) >= 11 is 0. The van der Waals surface area contributed by atoms with Crippen LogP contribution in [-0.4, -0.2) is 74.7 Å². The predicted molar refractivity (Wildman–Crippen MR) is 86.4 cm³/mol. The summed E-state index contributed by atoms with van der Waals surface area (Å²) in [6, 6.07) is 7.39. The Labute approximate surface area is 137 Å². The van der Waals surface area contributed by atoms with Gasteiger partial charge < -0.3 is 14.4 Å². The Morgan fingerprint density at radius 3 is 2.70 bits per heavy atom. The molecule has 1 amide bonds. The number of carbonyl (C=O) groups is 2. The number of morpholine rings is 1. The van der Waals surface area contributed by atoms with Crippen LogP contribution in [0.2, 0.25) is 0 Å². The molecule has 0 N–H and O–H groups in total. The van der Waals surface area contributed by atoms with E-state index in [0.717, 1.165) is 25.2 Å². The lowest BCUT2D eigenvalue weighted by molar-refractivity contribution is -0.141. The van der Waals surface area contributed by atoms with E-state index in [-0.39, 0.29) is 12.5 Å². The minimum absolute atomic E-state index is 0.0341. The molecule has 0 saturated carbocycles. The summed E-state index contributed by atoms with van der Waals surface area (Å²) in [4.78, 5) is 28.1. The number of aryl methyl sites for hydroxylation is 1. The van der Waals surface area contributed by atoms with Crippen LogP contribution in [0, 0.1) is 6.92 Å². The maximum atomic E-state index is 12.7. The molecule has 1 aliphatic heterocycles. The van der Waals surface area contributed by atoms with Gasteiger partial charge in [0, 0.05) is 31.7 Å². The second-order valence-corrected chi connectivity index (χ2v) is 5.63. The van der Waals surface area contributed by atoms with Crippen molar-refractivity contribution in [2.75, 3.05) is 53.0 Å². The molecular weight excluding hydrogens is 296 g/mol. The second-order valence-electron chi connectivity index (χ2n) is 5.63. The van der Waals surface area contributed by atoms with Crippen LogP contribution in [0.15, 0.2) is 24.3 Å². The van der Waals surface area contributed by atoms with Crippen molar-refractivity contribution in [2.24, 2.45) is 0 Å². The van der Waals surface area contributed by atoms with Gasteiger partial charge in [0.05, 0.1) is 20.3 Å². The predicted octanol–water partition coefficient (Wildman–Crippen LogP) is 0.942. The largest absolute Gasteiger partial charge is 0.468 e. The Hall–Kier alpha value is -1.92. The molecule has 1 aromatic carbocycles. The topological polar surface area (TPSA) is 59.1 Å². The monoisotopic (exact) mass is 320 g/mol. The number of methoxy groups -OCH3 is 1. The highest BCUT2D eigenvalue weighted by atomic mass is 16.5. The molecule has 6 heteroatoms. The van der Waals surface area contributed by atoms with Gasteiger partial charge in [0.15, 0.2) is 0 Å². The van der Waals surface area contributed by atoms with Crippen molar-refractivity contribution in [1.29, 1.82) is 0 Å². The minimum atomic E-state index is -0.409. The highest BCUT2D eigenvalue weighted by Crippen LogP contribution is 2.09. The molecule has 23 heavy (non-hydrogen) atoms. The van der Waals surface area contributed by atoms with Crippen LogP contribution in [0.4, 0.5) is 0 Å². The number of esters is 1. The Morgan fingerprint density at radius 2 is 2.04 bits per heavy atom. The lowest BCUT2D eigenvalue weighted by atomic mass is 10.1. The average Bonchev–Trinajstić information content (AvgIpc) is 2.58. The van der Waals surface area contributed by atoms with Gasteiger partial charge in [0.1, 0.15) is 6.54 Å². The van der Waals surface area contributed by atoms with E-state index in [1.807, 2.05) is 25.1 Å². The molecule has 0 unspecified atom stereocenters. The Morgan fingerprint density at radius 1 is 1.30 bits per heavy atom. The number of hydrogen-bond acceptors (Lipinski definition) is 5. The summed E-state index contributed by atoms with van der Waals surface area (Å²) < 4.78 is 10.0. The van der Waals surface area contributed by atoms with Crippen molar-refractivity contribution in [3.63, 3.8) is 0 Å². The third kappa shape index (κ3) is 5.33. The minimum Gasteiger partial charge on any atom is -0.468 e. The van der Waals surface area contributed by atoms with Gasteiger partial charge in [-0.3, -0.25) is 14.5 Å². The number of carbonyl (C=O) groups excluding carboxylic acids is 2. The highest BCUT2D eigenvalue weighted by molar-refractivity contribution is 5.96. The van der Waals surface area contributed by atoms with Crippen molar-refractivity contribution in [1.82, 2.24) is 9.80 Å². The van der Waals surface area contributed by atoms with Crippen LogP contribution in [0.25, 0.3) is 0 Å². The van der Waals surface area contributed by atoms with E-state index in [4.69, 9.17) is 9.47 Å². The van der Waals surface area contributed by atoms with Crippen molar-refractivity contribution >= 4 is 11.9 Å². The van der Waals surface area contributed by atoms with E-state index in [0.29, 0.717) is 25.3 Å². The fourth-order valence-electron chi connectivity index (χ4n) is 2.52. The van der Waals surface area contributed by atoms with Gasteiger partial charge in [0.25, 0.3) is 5.91 Å². The van der Waals surface area contributed by atoms with E-state index in [9.17, 15) is 9.59 Å². The van der Waals surface area contributed by atoms with Crippen LogP contribution in [0.1, 0.15) is 15.9 Å². The molecule has 0 aliphatic carbocycles. The summed E-state index contributed by atoms with van der Waals surface area (Å²) in [6.45, 7) is 6.24. The van der Waals surface area contributed by atoms with Gasteiger partial charge in [-0.25, -0.2) is 0 Å². The third-order valence-corrected chi connectivity index (χ3v) is 3.89. The first-order valence-corrected chi connectivity index (χ1v) is 7.83. The molecule has 0 spiro atoms. The van der Waals surface area contributed by atoms with Crippen molar-refractivity contribution in [3.8, 4) is 0 Å². The number of nitrogens with zero attached hydrogens (tertiary/aromatic N) is 2. The van der Waals surface area contributed by atoms with E-state index < -0.39 is 5.97 Å². The Kier molecular flexibility index (Phi) is 6.55. The first-order chi connectivity index (χ1) is 11.1. The number of amides is 1. The summed E-state index contributed by atoms with van der Waals surface area (Å²) in [5, 5.41) is 0. The van der Waals surface area contributed by atoms with Gasteiger partial charge in [-0.1, -0.05) is 17.7 Å². The molecular formula is C17H24N2O4. The zero-order valence-electron chi connectivity index (χ0n) is 13.8. The Balaban J connectivity index is 2.03. The summed E-state index contributed by atoms with van der Waals surface area (Å²) in [6.07, 6.45) is 0. The molecule has 126 valence electrons. The normalized spacial score (nSPS) is 15.2. The van der Waals surface area contributed by atoms with Crippen molar-refractivity contribution in [2.45, 2.75) is 6.92 Å². The fourth-order valence-corrected chi connectivity index (χ4v) is 2.52. The lowest BCUT2D eigenvalue weighted by Crippen LogP contribution is -2.44. The van der Waals surface area contributed by atoms with Crippen molar-refractivity contribution in [3.05, 3.63) is 35.4 Å². The quantitative estimate of drug-likeness (QED) is 0.730. The van der Waals surface area contributed by atoms with Crippen LogP contribution >= 0.6 is 0 Å². The average molecular weight is 320 g/mol. The smallest absolute Gasteiger partial charge is 0.325 e. The van der Waals surface area contributed by atoms with E-state index in [1.165, 1.54) is 7.11 Å². The number of rotatable bonds is 6. The molecule has 6 nitrogen and oxygen atoms in total. The maximum absolute atomic E-state index is 12.7. The highest BCUT2D eigenvalue weighted by Gasteiger charge is 2.21. The SMILES string of the molecule is COC(=O)CN(CCN1CCOCC1)C(=O)c1cccc(C)c1. The van der Waals surface area contributed by atoms with Gasteiger partial charge in [-0.15, -0.1) is 0 Å². The van der Waals surface area contributed by atoms with Gasteiger partial charge >= 0.3 is 5.97 Å². The van der Waals surface area contributed by atoms with Crippen LogP contribution in [-0.2, 0) is 14.3 Å². The fraction of sp³-hybridized carbons (Fsp3) is 0.529. The molecule has 1 aliphatic rings. The van der Waals surface area contributed by atoms with E-state index in [2.05, 4.69) is 4.90 Å². The van der Waals surface area contributed by atoms with E-state index >= 15 is 0 Å². The van der Waals surface area contributed by atoms with Gasteiger partial charge in [-0.2, -0.15) is 0 Å². The molecule has 0 atom stereocenters. The molecule has 2 rings (SSSR count). The summed E-state index contributed by atoms with van der Waals surface area (Å²) in [5.74, 6) is -0.555. The first-order valence-electron chi connectivity index (χ1n) is 7.83. The third-order valence-electron chi connectivity index (χ3n) is 3.89. The molecule has 1 fully saturated rings. The molecule has 1 heterocycles. The second kappa shape index (κ2) is 8.64. The number of ether oxygens (including phenoxy) is 2. The van der Waals surface area contributed by atoms with Crippen LogP contribution in [0.3, 0.4) is 0 Å². The number of hydrogen-bond donors (Lipinski definition) is 0. The Bertz CT molecular complexity index is 541. The standard InChI is InChI=1S/C17H24N2O4/c1-14-4-3-5-15(12-14)17(21)19(13-16(20)22-2)7-6-18-8-10-23-11-9-18/h3-5,12H,6-11,13H2,1-2H3. The molecule has 1 saturated heterocycles. The van der Waals surface area contributed by atoms with E-state index in [1.54, 1.807) is 11.0 Å². The first kappa shape index (κ1) is 17.4. The van der Waals surface area contributed by atoms with Crippen LogP contribution in [0.5, 0.6) is 0 Å². The molecule has 0 aromatic heterocycles. The zero-order chi connectivity index (χ0) is 16.7. The zero-order valence-corrected chi connectivity index (χ0v) is 13.8.